The second-order valence-corrected chi connectivity index (χ2v) is 8.03. The first-order valence-corrected chi connectivity index (χ1v) is 10.3. The number of ether oxygens (including phenoxy) is 1. The van der Waals surface area contributed by atoms with E-state index in [1.165, 1.54) is 11.1 Å². The average molecular weight is 405 g/mol. The fourth-order valence-electron chi connectivity index (χ4n) is 4.46. The SMILES string of the molecule is COCC1NC(c2ccc3c(c2)CC[C@H]3NC(=O)C2CN(CCO)NC2C)NO1. The van der Waals surface area contributed by atoms with Crippen molar-refractivity contribution in [2.45, 2.75) is 44.2 Å². The highest BCUT2D eigenvalue weighted by atomic mass is 16.7. The van der Waals surface area contributed by atoms with Gasteiger partial charge in [-0.25, -0.2) is 5.01 Å². The van der Waals surface area contributed by atoms with Gasteiger partial charge in [-0.2, -0.15) is 5.48 Å². The van der Waals surface area contributed by atoms with E-state index in [9.17, 15) is 4.79 Å². The first kappa shape index (κ1) is 20.7. The number of hydroxylamine groups is 1. The summed E-state index contributed by atoms with van der Waals surface area (Å²) in [6, 6.07) is 6.49. The second-order valence-electron chi connectivity index (χ2n) is 8.03. The molecule has 1 aliphatic carbocycles. The summed E-state index contributed by atoms with van der Waals surface area (Å²) >= 11 is 0. The Labute approximate surface area is 171 Å². The smallest absolute Gasteiger partial charge is 0.226 e. The highest BCUT2D eigenvalue weighted by Crippen LogP contribution is 2.33. The molecule has 2 saturated heterocycles. The van der Waals surface area contributed by atoms with Crippen LogP contribution in [0.25, 0.3) is 0 Å². The van der Waals surface area contributed by atoms with Gasteiger partial charge in [0.1, 0.15) is 6.17 Å². The number of aliphatic hydroxyl groups is 1. The van der Waals surface area contributed by atoms with Gasteiger partial charge in [-0.3, -0.25) is 20.4 Å². The number of benzene rings is 1. The topological polar surface area (TPSA) is 107 Å². The summed E-state index contributed by atoms with van der Waals surface area (Å²) in [4.78, 5) is 18.3. The third-order valence-electron chi connectivity index (χ3n) is 6.01. The van der Waals surface area contributed by atoms with Crippen molar-refractivity contribution in [2.75, 3.05) is 33.4 Å². The van der Waals surface area contributed by atoms with Crippen molar-refractivity contribution in [2.24, 2.45) is 5.92 Å². The van der Waals surface area contributed by atoms with Crippen LogP contribution in [0.2, 0.25) is 0 Å². The second kappa shape index (κ2) is 9.05. The molecular weight excluding hydrogens is 374 g/mol. The number of nitrogens with one attached hydrogen (secondary N) is 4. The molecular formula is C20H31N5O4. The third-order valence-corrected chi connectivity index (χ3v) is 6.01. The Bertz CT molecular complexity index is 733. The number of fused-ring (bicyclic) bond motifs is 1. The van der Waals surface area contributed by atoms with Crippen molar-refractivity contribution in [1.29, 1.82) is 0 Å². The molecule has 5 atom stereocenters. The average Bonchev–Trinajstić information content (AvgIpc) is 3.41. The zero-order chi connectivity index (χ0) is 20.4. The number of rotatable bonds is 7. The van der Waals surface area contributed by atoms with E-state index in [0.717, 1.165) is 18.4 Å². The van der Waals surface area contributed by atoms with Gasteiger partial charge in [0.05, 0.1) is 25.2 Å². The summed E-state index contributed by atoms with van der Waals surface area (Å²) in [5.41, 5.74) is 9.85. The molecule has 9 nitrogen and oxygen atoms in total. The molecule has 2 fully saturated rings. The predicted molar refractivity (Wildman–Crippen MR) is 106 cm³/mol. The van der Waals surface area contributed by atoms with E-state index in [0.29, 0.717) is 19.7 Å². The molecule has 2 aliphatic heterocycles. The van der Waals surface area contributed by atoms with E-state index in [2.05, 4.69) is 39.7 Å². The van der Waals surface area contributed by atoms with Crippen LogP contribution in [0, 0.1) is 5.92 Å². The molecule has 9 heteroatoms. The van der Waals surface area contributed by atoms with Crippen LogP contribution in [0.1, 0.15) is 42.2 Å². The van der Waals surface area contributed by atoms with Gasteiger partial charge >= 0.3 is 0 Å². The number of nitrogens with zero attached hydrogens (tertiary/aromatic N) is 1. The molecule has 160 valence electrons. The number of aliphatic hydroxyl groups excluding tert-OH is 1. The molecule has 4 unspecified atom stereocenters. The van der Waals surface area contributed by atoms with Crippen LogP contribution in [0.5, 0.6) is 0 Å². The Kier molecular flexibility index (Phi) is 6.45. The van der Waals surface area contributed by atoms with E-state index >= 15 is 0 Å². The molecule has 0 bridgehead atoms. The maximum Gasteiger partial charge on any atom is 0.226 e. The van der Waals surface area contributed by atoms with Gasteiger partial charge in [-0.1, -0.05) is 18.2 Å². The number of carbonyl (C=O) groups excluding carboxylic acids is 1. The van der Waals surface area contributed by atoms with Crippen LogP contribution in [0.3, 0.4) is 0 Å². The largest absolute Gasteiger partial charge is 0.395 e. The van der Waals surface area contributed by atoms with Crippen LogP contribution in [-0.2, 0) is 20.8 Å². The lowest BCUT2D eigenvalue weighted by Crippen LogP contribution is -2.39. The number of carbonyl (C=O) groups is 1. The molecule has 1 amide bonds. The van der Waals surface area contributed by atoms with Crippen LogP contribution >= 0.6 is 0 Å². The van der Waals surface area contributed by atoms with Crippen LogP contribution in [0.15, 0.2) is 18.2 Å². The van der Waals surface area contributed by atoms with Gasteiger partial charge in [0.2, 0.25) is 5.91 Å². The minimum atomic E-state index is -0.169. The number of amides is 1. The van der Waals surface area contributed by atoms with E-state index in [1.807, 2.05) is 11.9 Å². The summed E-state index contributed by atoms with van der Waals surface area (Å²) in [5, 5.41) is 17.6. The minimum Gasteiger partial charge on any atom is -0.395 e. The van der Waals surface area contributed by atoms with E-state index in [1.54, 1.807) is 7.11 Å². The van der Waals surface area contributed by atoms with Crippen LogP contribution in [0.4, 0.5) is 0 Å². The Morgan fingerprint density at radius 2 is 2.31 bits per heavy atom. The predicted octanol–water partition coefficient (Wildman–Crippen LogP) is -0.297. The third kappa shape index (κ3) is 4.46. The van der Waals surface area contributed by atoms with Gasteiger partial charge in [0.25, 0.3) is 0 Å². The molecule has 4 rings (SSSR count). The van der Waals surface area contributed by atoms with E-state index in [4.69, 9.17) is 14.7 Å². The fourth-order valence-corrected chi connectivity index (χ4v) is 4.46. The minimum absolute atomic E-state index is 0.0487. The Morgan fingerprint density at radius 3 is 3.10 bits per heavy atom. The lowest BCUT2D eigenvalue weighted by molar-refractivity contribution is -0.125. The normalized spacial score (nSPS) is 31.9. The van der Waals surface area contributed by atoms with Crippen LogP contribution in [-0.4, -0.2) is 61.7 Å². The molecule has 2 heterocycles. The standard InChI is InChI=1S/C20H31N5O4/c1-12-16(10-25(23-12)7-8-26)20(27)21-17-6-4-13-9-14(3-5-15(13)17)19-22-18(11-28-2)29-24-19/h3,5,9,12,16-19,22-24,26H,4,6-8,10-11H2,1-2H3,(H,21,27)/t12?,16?,17-,18?,19?/m1/s1. The molecule has 0 radical (unpaired) electrons. The van der Waals surface area contributed by atoms with Crippen molar-refractivity contribution in [3.05, 3.63) is 34.9 Å². The Balaban J connectivity index is 1.37. The number of hydrogen-bond donors (Lipinski definition) is 5. The summed E-state index contributed by atoms with van der Waals surface area (Å²) in [6.45, 7) is 3.72. The van der Waals surface area contributed by atoms with Gasteiger partial charge in [0.15, 0.2) is 6.23 Å². The molecule has 3 aliphatic rings. The Hall–Kier alpha value is -1.59. The molecule has 1 aromatic rings. The summed E-state index contributed by atoms with van der Waals surface area (Å²) in [7, 11) is 1.65. The first-order chi connectivity index (χ1) is 14.1. The van der Waals surface area contributed by atoms with Gasteiger partial charge in [-0.05, 0) is 36.5 Å². The molecule has 5 N–H and O–H groups in total. The van der Waals surface area contributed by atoms with Crippen molar-refractivity contribution >= 4 is 5.91 Å². The zero-order valence-corrected chi connectivity index (χ0v) is 17.0. The molecule has 0 spiro atoms. The lowest BCUT2D eigenvalue weighted by Gasteiger charge is -2.19. The van der Waals surface area contributed by atoms with Gasteiger partial charge < -0.3 is 15.2 Å². The lowest BCUT2D eigenvalue weighted by atomic mass is 10.0. The molecule has 0 saturated carbocycles. The summed E-state index contributed by atoms with van der Waals surface area (Å²) in [5.74, 6) is -0.0473. The van der Waals surface area contributed by atoms with Crippen LogP contribution < -0.4 is 21.5 Å². The quantitative estimate of drug-likeness (QED) is 0.421. The van der Waals surface area contributed by atoms with Gasteiger partial charge in [-0.15, -0.1) is 0 Å². The van der Waals surface area contributed by atoms with Crippen molar-refractivity contribution in [3.8, 4) is 0 Å². The molecule has 0 aromatic heterocycles. The summed E-state index contributed by atoms with van der Waals surface area (Å²) in [6.07, 6.45) is 1.61. The zero-order valence-electron chi connectivity index (χ0n) is 17.0. The molecule has 29 heavy (non-hydrogen) atoms. The highest BCUT2D eigenvalue weighted by molar-refractivity contribution is 5.80. The Morgan fingerprint density at radius 1 is 1.45 bits per heavy atom. The summed E-state index contributed by atoms with van der Waals surface area (Å²) < 4.78 is 5.12. The maximum absolute atomic E-state index is 12.9. The van der Waals surface area contributed by atoms with E-state index in [-0.39, 0.29) is 42.9 Å². The monoisotopic (exact) mass is 405 g/mol. The van der Waals surface area contributed by atoms with Gasteiger partial charge in [0, 0.05) is 26.2 Å². The number of hydrogen-bond acceptors (Lipinski definition) is 8. The van der Waals surface area contributed by atoms with E-state index < -0.39 is 0 Å². The van der Waals surface area contributed by atoms with Crippen molar-refractivity contribution < 1.29 is 19.5 Å². The number of aryl methyl sites for hydroxylation is 1. The molecule has 1 aromatic carbocycles. The maximum atomic E-state index is 12.9. The fraction of sp³-hybridized carbons (Fsp3) is 0.650. The highest BCUT2D eigenvalue weighted by Gasteiger charge is 2.36. The first-order valence-electron chi connectivity index (χ1n) is 10.3. The number of hydrazine groups is 1. The van der Waals surface area contributed by atoms with Crippen molar-refractivity contribution in [1.82, 2.24) is 26.5 Å². The van der Waals surface area contributed by atoms with Crippen molar-refractivity contribution in [3.63, 3.8) is 0 Å². The number of methoxy groups -OCH3 is 1. The number of β-amino-alcohol motifs (C(OH)–C–C–N with tert-alkyl or cyclic N) is 1.